The fraction of sp³-hybridized carbons (Fsp3) is 0.286. The summed E-state index contributed by atoms with van der Waals surface area (Å²) < 4.78 is 0. The standard InChI is InChI=1S/C21H22ClN3O3/c1-12-9-13(2)18(14(3)10-12)23-17(26)11-25-19(27)21(4,24-20(25)28)15-5-7-16(22)8-6-15/h5-10H,11H2,1-4H3,(H,23,26)(H,24,28)/t21-/m0/s1. The fourth-order valence-electron chi connectivity index (χ4n) is 3.52. The van der Waals surface area contributed by atoms with Crippen molar-refractivity contribution in [1.29, 1.82) is 0 Å². The Kier molecular flexibility index (Phi) is 5.17. The number of aryl methyl sites for hydroxylation is 3. The molecule has 0 aromatic heterocycles. The molecule has 0 aliphatic carbocycles. The smallest absolute Gasteiger partial charge is 0.324 e. The van der Waals surface area contributed by atoms with Gasteiger partial charge in [-0.3, -0.25) is 14.5 Å². The van der Waals surface area contributed by atoms with Crippen molar-refractivity contribution in [3.63, 3.8) is 0 Å². The van der Waals surface area contributed by atoms with Crippen molar-refractivity contribution in [2.75, 3.05) is 11.9 Å². The molecule has 0 unspecified atom stereocenters. The summed E-state index contributed by atoms with van der Waals surface area (Å²) in [6, 6.07) is 10.0. The van der Waals surface area contributed by atoms with E-state index in [0.717, 1.165) is 21.6 Å². The molecule has 2 N–H and O–H groups in total. The number of halogens is 1. The lowest BCUT2D eigenvalue weighted by molar-refractivity contribution is -0.133. The van der Waals surface area contributed by atoms with E-state index in [1.54, 1.807) is 31.2 Å². The summed E-state index contributed by atoms with van der Waals surface area (Å²) in [4.78, 5) is 38.8. The third kappa shape index (κ3) is 3.60. The Morgan fingerprint density at radius 3 is 2.25 bits per heavy atom. The predicted octanol–water partition coefficient (Wildman–Crippen LogP) is 3.67. The largest absolute Gasteiger partial charge is 0.325 e. The highest BCUT2D eigenvalue weighted by Gasteiger charge is 2.49. The second kappa shape index (κ2) is 7.28. The third-order valence-corrected chi connectivity index (χ3v) is 5.19. The zero-order valence-corrected chi connectivity index (χ0v) is 17.0. The number of carbonyl (C=O) groups excluding carboxylic acids is 3. The van der Waals surface area contributed by atoms with Gasteiger partial charge in [-0.25, -0.2) is 4.79 Å². The highest BCUT2D eigenvalue weighted by molar-refractivity contribution is 6.30. The number of benzene rings is 2. The van der Waals surface area contributed by atoms with E-state index in [0.29, 0.717) is 16.3 Å². The van der Waals surface area contributed by atoms with Gasteiger partial charge >= 0.3 is 6.03 Å². The molecule has 2 aromatic carbocycles. The van der Waals surface area contributed by atoms with E-state index in [9.17, 15) is 14.4 Å². The van der Waals surface area contributed by atoms with Gasteiger partial charge in [-0.2, -0.15) is 0 Å². The first-order chi connectivity index (χ1) is 13.1. The summed E-state index contributed by atoms with van der Waals surface area (Å²) in [6.45, 7) is 7.04. The Morgan fingerprint density at radius 1 is 1.11 bits per heavy atom. The van der Waals surface area contributed by atoms with Crippen LogP contribution >= 0.6 is 11.6 Å². The lowest BCUT2D eigenvalue weighted by atomic mass is 9.92. The quantitative estimate of drug-likeness (QED) is 0.770. The van der Waals surface area contributed by atoms with Crippen LogP contribution in [0.5, 0.6) is 0 Å². The SMILES string of the molecule is Cc1cc(C)c(NC(=O)CN2C(=O)N[C@@](C)(c3ccc(Cl)cc3)C2=O)c(C)c1. The maximum absolute atomic E-state index is 12.9. The van der Waals surface area contributed by atoms with Gasteiger partial charge in [0.2, 0.25) is 5.91 Å². The van der Waals surface area contributed by atoms with E-state index in [2.05, 4.69) is 10.6 Å². The summed E-state index contributed by atoms with van der Waals surface area (Å²) in [7, 11) is 0. The zero-order valence-electron chi connectivity index (χ0n) is 16.2. The van der Waals surface area contributed by atoms with Crippen LogP contribution < -0.4 is 10.6 Å². The monoisotopic (exact) mass is 399 g/mol. The first-order valence-electron chi connectivity index (χ1n) is 8.89. The first kappa shape index (κ1) is 19.9. The van der Waals surface area contributed by atoms with Crippen LogP contribution in [0.4, 0.5) is 10.5 Å². The van der Waals surface area contributed by atoms with Crippen LogP contribution in [0, 0.1) is 20.8 Å². The Hall–Kier alpha value is -2.86. The fourth-order valence-corrected chi connectivity index (χ4v) is 3.65. The van der Waals surface area contributed by atoms with Crippen molar-refractivity contribution in [3.05, 3.63) is 63.7 Å². The number of nitrogens with zero attached hydrogens (tertiary/aromatic N) is 1. The Balaban J connectivity index is 1.78. The van der Waals surface area contributed by atoms with E-state index >= 15 is 0 Å². The number of hydrogen-bond acceptors (Lipinski definition) is 3. The molecule has 4 amide bonds. The molecule has 0 spiro atoms. The number of hydrogen-bond donors (Lipinski definition) is 2. The number of urea groups is 1. The molecule has 1 atom stereocenters. The molecule has 1 fully saturated rings. The van der Waals surface area contributed by atoms with Crippen molar-refractivity contribution >= 4 is 35.1 Å². The second-order valence-corrected chi connectivity index (χ2v) is 7.71. The molecule has 1 aliphatic rings. The zero-order chi connectivity index (χ0) is 20.6. The second-order valence-electron chi connectivity index (χ2n) is 7.28. The average Bonchev–Trinajstić information content (AvgIpc) is 2.83. The number of anilines is 1. The molecule has 1 saturated heterocycles. The minimum Gasteiger partial charge on any atom is -0.324 e. The summed E-state index contributed by atoms with van der Waals surface area (Å²) in [5.74, 6) is -0.911. The lowest BCUT2D eigenvalue weighted by Crippen LogP contribution is -2.42. The van der Waals surface area contributed by atoms with E-state index < -0.39 is 23.4 Å². The predicted molar refractivity (Wildman–Crippen MR) is 108 cm³/mol. The Labute approximate surface area is 168 Å². The van der Waals surface area contributed by atoms with Crippen molar-refractivity contribution in [3.8, 4) is 0 Å². The molecule has 3 rings (SSSR count). The van der Waals surface area contributed by atoms with Crippen LogP contribution in [0.3, 0.4) is 0 Å². The lowest BCUT2D eigenvalue weighted by Gasteiger charge is -2.22. The Bertz CT molecular complexity index is 948. The van der Waals surface area contributed by atoms with Crippen LogP contribution in [-0.2, 0) is 15.1 Å². The van der Waals surface area contributed by atoms with E-state index in [4.69, 9.17) is 11.6 Å². The van der Waals surface area contributed by atoms with Gasteiger partial charge in [0.15, 0.2) is 0 Å². The molecule has 0 bridgehead atoms. The van der Waals surface area contributed by atoms with Crippen LogP contribution in [0.25, 0.3) is 0 Å². The van der Waals surface area contributed by atoms with Gasteiger partial charge in [0.1, 0.15) is 12.1 Å². The van der Waals surface area contributed by atoms with Gasteiger partial charge in [-0.15, -0.1) is 0 Å². The summed E-state index contributed by atoms with van der Waals surface area (Å²) in [5, 5.41) is 6.03. The molecular weight excluding hydrogens is 378 g/mol. The van der Waals surface area contributed by atoms with Crippen LogP contribution in [0.2, 0.25) is 5.02 Å². The van der Waals surface area contributed by atoms with Gasteiger partial charge in [0.05, 0.1) is 0 Å². The van der Waals surface area contributed by atoms with Crippen LogP contribution in [-0.4, -0.2) is 29.3 Å². The van der Waals surface area contributed by atoms with E-state index in [1.807, 2.05) is 32.9 Å². The Morgan fingerprint density at radius 2 is 1.68 bits per heavy atom. The highest BCUT2D eigenvalue weighted by atomic mass is 35.5. The molecule has 2 aromatic rings. The number of rotatable bonds is 4. The summed E-state index contributed by atoms with van der Waals surface area (Å²) in [5.41, 5.74) is 3.01. The third-order valence-electron chi connectivity index (χ3n) is 4.94. The van der Waals surface area contributed by atoms with Gasteiger partial charge in [0.25, 0.3) is 5.91 Å². The van der Waals surface area contributed by atoms with E-state index in [1.165, 1.54) is 0 Å². The molecular formula is C21H22ClN3O3. The topological polar surface area (TPSA) is 78.5 Å². The van der Waals surface area contributed by atoms with E-state index in [-0.39, 0.29) is 6.54 Å². The maximum atomic E-state index is 12.9. The van der Waals surface area contributed by atoms with Crippen LogP contribution in [0.15, 0.2) is 36.4 Å². The maximum Gasteiger partial charge on any atom is 0.325 e. The van der Waals surface area contributed by atoms with Crippen molar-refractivity contribution in [2.24, 2.45) is 0 Å². The van der Waals surface area contributed by atoms with Gasteiger partial charge in [-0.05, 0) is 56.5 Å². The molecule has 1 heterocycles. The number of amides is 4. The van der Waals surface area contributed by atoms with Crippen molar-refractivity contribution in [1.82, 2.24) is 10.2 Å². The van der Waals surface area contributed by atoms with Gasteiger partial charge in [-0.1, -0.05) is 41.4 Å². The molecule has 1 aliphatic heterocycles. The number of nitrogens with one attached hydrogen (secondary N) is 2. The average molecular weight is 400 g/mol. The first-order valence-corrected chi connectivity index (χ1v) is 9.27. The minimum atomic E-state index is -1.24. The number of imide groups is 1. The summed E-state index contributed by atoms with van der Waals surface area (Å²) >= 11 is 5.90. The molecule has 0 radical (unpaired) electrons. The highest BCUT2D eigenvalue weighted by Crippen LogP contribution is 2.30. The van der Waals surface area contributed by atoms with Gasteiger partial charge < -0.3 is 10.6 Å². The van der Waals surface area contributed by atoms with Gasteiger partial charge in [0, 0.05) is 10.7 Å². The normalized spacial score (nSPS) is 19.0. The molecule has 146 valence electrons. The van der Waals surface area contributed by atoms with Crippen molar-refractivity contribution in [2.45, 2.75) is 33.2 Å². The minimum absolute atomic E-state index is 0.361. The molecule has 28 heavy (non-hydrogen) atoms. The molecule has 6 nitrogen and oxygen atoms in total. The number of carbonyl (C=O) groups is 3. The summed E-state index contributed by atoms with van der Waals surface area (Å²) in [6.07, 6.45) is 0. The van der Waals surface area contributed by atoms with Crippen molar-refractivity contribution < 1.29 is 14.4 Å². The molecule has 0 saturated carbocycles. The van der Waals surface area contributed by atoms with Crippen LogP contribution in [0.1, 0.15) is 29.2 Å². The molecule has 7 heteroatoms.